The maximum absolute atomic E-state index is 11.5. The Morgan fingerprint density at radius 2 is 2.31 bits per heavy atom. The first-order chi connectivity index (χ1) is 7.58. The molecular weight excluding hydrogens is 224 g/mol. The number of rotatable bonds is 5. The third-order valence-electron chi connectivity index (χ3n) is 2.17. The van der Waals surface area contributed by atoms with E-state index in [4.69, 9.17) is 17.3 Å². The van der Waals surface area contributed by atoms with Crippen LogP contribution < -0.4 is 11.1 Å². The lowest BCUT2D eigenvalue weighted by Crippen LogP contribution is -2.16. The SMILES string of the molecule is CC(N)CCCC(=O)Nc1cccc(Cl)c1. The molecule has 1 unspecified atom stereocenters. The van der Waals surface area contributed by atoms with Crippen molar-refractivity contribution in [1.82, 2.24) is 0 Å². The van der Waals surface area contributed by atoms with Crippen molar-refractivity contribution in [3.05, 3.63) is 29.3 Å². The van der Waals surface area contributed by atoms with E-state index in [2.05, 4.69) is 5.32 Å². The average Bonchev–Trinajstić information content (AvgIpc) is 2.16. The van der Waals surface area contributed by atoms with Gasteiger partial charge in [-0.2, -0.15) is 0 Å². The minimum absolute atomic E-state index is 0.00270. The molecule has 0 bridgehead atoms. The summed E-state index contributed by atoms with van der Waals surface area (Å²) in [4.78, 5) is 11.5. The number of carbonyl (C=O) groups is 1. The van der Waals surface area contributed by atoms with Crippen LogP contribution in [0.15, 0.2) is 24.3 Å². The van der Waals surface area contributed by atoms with Gasteiger partial charge in [0.25, 0.3) is 0 Å². The van der Waals surface area contributed by atoms with Crippen LogP contribution in [0.5, 0.6) is 0 Å². The van der Waals surface area contributed by atoms with Crippen molar-refractivity contribution < 1.29 is 4.79 Å². The van der Waals surface area contributed by atoms with E-state index in [0.717, 1.165) is 18.5 Å². The molecule has 1 aromatic rings. The number of benzene rings is 1. The molecule has 0 spiro atoms. The normalized spacial score (nSPS) is 12.2. The number of hydrogen-bond acceptors (Lipinski definition) is 2. The highest BCUT2D eigenvalue weighted by molar-refractivity contribution is 6.30. The summed E-state index contributed by atoms with van der Waals surface area (Å²) in [6, 6.07) is 7.27. The average molecular weight is 241 g/mol. The molecule has 0 saturated heterocycles. The van der Waals surface area contributed by atoms with Gasteiger partial charge in [0.15, 0.2) is 0 Å². The Hall–Kier alpha value is -1.06. The lowest BCUT2D eigenvalue weighted by atomic mass is 10.1. The molecule has 0 aliphatic heterocycles. The largest absolute Gasteiger partial charge is 0.328 e. The standard InChI is InChI=1S/C12H17ClN2O/c1-9(14)4-2-7-12(16)15-11-6-3-5-10(13)8-11/h3,5-6,8-9H,2,4,7,14H2,1H3,(H,15,16). The highest BCUT2D eigenvalue weighted by Crippen LogP contribution is 2.15. The number of nitrogens with two attached hydrogens (primary N) is 1. The van der Waals surface area contributed by atoms with Crippen LogP contribution in [0, 0.1) is 0 Å². The molecule has 0 heterocycles. The molecule has 0 saturated carbocycles. The summed E-state index contributed by atoms with van der Waals surface area (Å²) in [5.41, 5.74) is 6.34. The lowest BCUT2D eigenvalue weighted by molar-refractivity contribution is -0.116. The Morgan fingerprint density at radius 3 is 2.94 bits per heavy atom. The van der Waals surface area contributed by atoms with Crippen molar-refractivity contribution in [1.29, 1.82) is 0 Å². The maximum Gasteiger partial charge on any atom is 0.224 e. The van der Waals surface area contributed by atoms with Gasteiger partial charge in [0.05, 0.1) is 0 Å². The van der Waals surface area contributed by atoms with Gasteiger partial charge in [0, 0.05) is 23.2 Å². The van der Waals surface area contributed by atoms with E-state index in [-0.39, 0.29) is 11.9 Å². The summed E-state index contributed by atoms with van der Waals surface area (Å²) in [5, 5.41) is 3.41. The molecule has 88 valence electrons. The molecule has 1 aromatic carbocycles. The molecule has 0 fully saturated rings. The second kappa shape index (κ2) is 6.51. The van der Waals surface area contributed by atoms with E-state index in [0.29, 0.717) is 11.4 Å². The zero-order valence-electron chi connectivity index (χ0n) is 9.37. The summed E-state index contributed by atoms with van der Waals surface area (Å²) in [6.45, 7) is 1.94. The van der Waals surface area contributed by atoms with E-state index >= 15 is 0 Å². The second-order valence-electron chi connectivity index (χ2n) is 3.93. The Balaban J connectivity index is 2.34. The van der Waals surface area contributed by atoms with Gasteiger partial charge in [-0.25, -0.2) is 0 Å². The zero-order chi connectivity index (χ0) is 12.0. The topological polar surface area (TPSA) is 55.1 Å². The zero-order valence-corrected chi connectivity index (χ0v) is 10.1. The van der Waals surface area contributed by atoms with E-state index in [1.54, 1.807) is 18.2 Å². The van der Waals surface area contributed by atoms with Gasteiger partial charge in [0.1, 0.15) is 0 Å². The van der Waals surface area contributed by atoms with Crippen molar-refractivity contribution in [2.75, 3.05) is 5.32 Å². The smallest absolute Gasteiger partial charge is 0.224 e. The highest BCUT2D eigenvalue weighted by Gasteiger charge is 2.03. The fourth-order valence-electron chi connectivity index (χ4n) is 1.37. The van der Waals surface area contributed by atoms with Gasteiger partial charge in [0.2, 0.25) is 5.91 Å². The minimum Gasteiger partial charge on any atom is -0.328 e. The molecule has 0 aliphatic rings. The van der Waals surface area contributed by atoms with Gasteiger partial charge in [-0.1, -0.05) is 17.7 Å². The van der Waals surface area contributed by atoms with Crippen LogP contribution in [-0.4, -0.2) is 11.9 Å². The molecule has 3 nitrogen and oxygen atoms in total. The Bertz CT molecular complexity index is 353. The van der Waals surface area contributed by atoms with Crippen molar-refractivity contribution >= 4 is 23.2 Å². The molecular formula is C12H17ClN2O. The number of amides is 1. The van der Waals surface area contributed by atoms with Crippen LogP contribution in [0.1, 0.15) is 26.2 Å². The lowest BCUT2D eigenvalue weighted by Gasteiger charge is -2.06. The summed E-state index contributed by atoms with van der Waals surface area (Å²) in [5.74, 6) is 0.00270. The molecule has 3 N–H and O–H groups in total. The predicted molar refractivity (Wildman–Crippen MR) is 67.6 cm³/mol. The second-order valence-corrected chi connectivity index (χ2v) is 4.36. The van der Waals surface area contributed by atoms with Crippen LogP contribution in [-0.2, 0) is 4.79 Å². The highest BCUT2D eigenvalue weighted by atomic mass is 35.5. The molecule has 16 heavy (non-hydrogen) atoms. The van der Waals surface area contributed by atoms with Gasteiger partial charge in [-0.15, -0.1) is 0 Å². The Labute approximate surface area is 101 Å². The minimum atomic E-state index is 0.00270. The number of hydrogen-bond donors (Lipinski definition) is 2. The molecule has 1 rings (SSSR count). The molecule has 0 radical (unpaired) electrons. The predicted octanol–water partition coefficient (Wildman–Crippen LogP) is 2.80. The van der Waals surface area contributed by atoms with Crippen LogP contribution in [0.25, 0.3) is 0 Å². The summed E-state index contributed by atoms with van der Waals surface area (Å²) >= 11 is 5.81. The number of carbonyl (C=O) groups excluding carboxylic acids is 1. The molecule has 1 atom stereocenters. The third-order valence-corrected chi connectivity index (χ3v) is 2.41. The third kappa shape index (κ3) is 5.14. The van der Waals surface area contributed by atoms with Crippen molar-refractivity contribution in [3.63, 3.8) is 0 Å². The van der Waals surface area contributed by atoms with Gasteiger partial charge in [-0.05, 0) is 38.0 Å². The van der Waals surface area contributed by atoms with E-state index in [1.807, 2.05) is 13.0 Å². The fraction of sp³-hybridized carbons (Fsp3) is 0.417. The maximum atomic E-state index is 11.5. The van der Waals surface area contributed by atoms with Crippen molar-refractivity contribution in [3.8, 4) is 0 Å². The van der Waals surface area contributed by atoms with Crippen molar-refractivity contribution in [2.24, 2.45) is 5.73 Å². The molecule has 0 aliphatic carbocycles. The monoisotopic (exact) mass is 240 g/mol. The Kier molecular flexibility index (Phi) is 5.29. The van der Waals surface area contributed by atoms with E-state index in [9.17, 15) is 4.79 Å². The van der Waals surface area contributed by atoms with Crippen LogP contribution >= 0.6 is 11.6 Å². The summed E-state index contributed by atoms with van der Waals surface area (Å²) in [6.07, 6.45) is 2.17. The summed E-state index contributed by atoms with van der Waals surface area (Å²) < 4.78 is 0. The van der Waals surface area contributed by atoms with Gasteiger partial charge < -0.3 is 11.1 Å². The molecule has 0 aromatic heterocycles. The van der Waals surface area contributed by atoms with Crippen molar-refractivity contribution in [2.45, 2.75) is 32.2 Å². The fourth-order valence-corrected chi connectivity index (χ4v) is 1.56. The Morgan fingerprint density at radius 1 is 1.56 bits per heavy atom. The summed E-state index contributed by atoms with van der Waals surface area (Å²) in [7, 11) is 0. The molecule has 1 amide bonds. The van der Waals surface area contributed by atoms with Crippen LogP contribution in [0.2, 0.25) is 5.02 Å². The van der Waals surface area contributed by atoms with Gasteiger partial charge in [-0.3, -0.25) is 4.79 Å². The molecule has 4 heteroatoms. The quantitative estimate of drug-likeness (QED) is 0.832. The van der Waals surface area contributed by atoms with Gasteiger partial charge >= 0.3 is 0 Å². The first-order valence-electron chi connectivity index (χ1n) is 5.39. The number of anilines is 1. The van der Waals surface area contributed by atoms with E-state index in [1.165, 1.54) is 0 Å². The van der Waals surface area contributed by atoms with Crippen LogP contribution in [0.3, 0.4) is 0 Å². The number of nitrogens with one attached hydrogen (secondary N) is 1. The van der Waals surface area contributed by atoms with Crippen LogP contribution in [0.4, 0.5) is 5.69 Å². The first-order valence-corrected chi connectivity index (χ1v) is 5.76. The first kappa shape index (κ1) is 13.0. The van der Waals surface area contributed by atoms with E-state index < -0.39 is 0 Å². The number of halogens is 1.